The number of nitrogens with one attached hydrogen (secondary N) is 1. The fourth-order valence-corrected chi connectivity index (χ4v) is 4.90. The van der Waals surface area contributed by atoms with Crippen molar-refractivity contribution in [2.45, 2.75) is 38.3 Å². The molecule has 0 saturated heterocycles. The Morgan fingerprint density at radius 1 is 0.769 bits per heavy atom. The second kappa shape index (κ2) is 14.0. The zero-order valence-corrected chi connectivity index (χ0v) is 22.6. The van der Waals surface area contributed by atoms with Crippen molar-refractivity contribution in [1.82, 2.24) is 10.2 Å². The molecule has 1 N–H and O–H groups in total. The molecule has 0 aliphatic carbocycles. The molecule has 0 bridgehead atoms. The van der Waals surface area contributed by atoms with Crippen LogP contribution in [0.4, 0.5) is 0 Å². The molecule has 5 heteroatoms. The lowest BCUT2D eigenvalue weighted by Crippen LogP contribution is -2.50. The molecule has 0 aromatic heterocycles. The summed E-state index contributed by atoms with van der Waals surface area (Å²) in [5, 5.41) is 2.97. The van der Waals surface area contributed by atoms with E-state index in [-0.39, 0.29) is 24.2 Å². The fourth-order valence-electron chi connectivity index (χ4n) is 4.90. The Hall–Kier alpha value is -4.38. The fraction of sp³-hybridized carbons (Fsp3) is 0.235. The van der Waals surface area contributed by atoms with E-state index in [0.717, 1.165) is 22.3 Å². The van der Waals surface area contributed by atoms with Crippen molar-refractivity contribution in [3.8, 4) is 5.75 Å². The molecule has 0 fully saturated rings. The Balaban J connectivity index is 1.73. The number of nitrogens with zero attached hydrogens (tertiary/aromatic N) is 1. The highest BCUT2D eigenvalue weighted by atomic mass is 16.5. The van der Waals surface area contributed by atoms with Crippen LogP contribution >= 0.6 is 0 Å². The average molecular weight is 521 g/mol. The number of methoxy groups -OCH3 is 1. The van der Waals surface area contributed by atoms with Gasteiger partial charge in [0.05, 0.1) is 7.11 Å². The number of ether oxygens (including phenoxy) is 1. The number of likely N-dealkylation sites (N-methyl/N-ethyl adjacent to an activating group) is 1. The Kier molecular flexibility index (Phi) is 9.90. The van der Waals surface area contributed by atoms with Crippen LogP contribution in [0.3, 0.4) is 0 Å². The highest BCUT2D eigenvalue weighted by Gasteiger charge is 2.32. The van der Waals surface area contributed by atoms with Gasteiger partial charge in [0.15, 0.2) is 0 Å². The minimum absolute atomic E-state index is 0.0808. The van der Waals surface area contributed by atoms with E-state index in [1.165, 1.54) is 0 Å². The van der Waals surface area contributed by atoms with Gasteiger partial charge >= 0.3 is 0 Å². The molecule has 0 aliphatic heterocycles. The Bertz CT molecular complexity index is 1290. The SMILES string of the molecule is CCNC(=O)C(Cc1ccccc1)N(Cc1cccc(OC)c1)C(=O)CC(c1ccccc1)c1ccccc1. The number of benzene rings is 4. The summed E-state index contributed by atoms with van der Waals surface area (Å²) in [5.41, 5.74) is 4.04. The van der Waals surface area contributed by atoms with Crippen LogP contribution < -0.4 is 10.1 Å². The number of rotatable bonds is 12. The van der Waals surface area contributed by atoms with E-state index in [1.54, 1.807) is 12.0 Å². The minimum Gasteiger partial charge on any atom is -0.497 e. The van der Waals surface area contributed by atoms with E-state index in [4.69, 9.17) is 4.74 Å². The second-order valence-corrected chi connectivity index (χ2v) is 9.55. The maximum Gasteiger partial charge on any atom is 0.243 e. The molecular weight excluding hydrogens is 484 g/mol. The van der Waals surface area contributed by atoms with Gasteiger partial charge in [0, 0.05) is 31.8 Å². The van der Waals surface area contributed by atoms with Gasteiger partial charge in [0.25, 0.3) is 0 Å². The third-order valence-electron chi connectivity index (χ3n) is 6.89. The molecule has 4 aromatic carbocycles. The third kappa shape index (κ3) is 7.57. The zero-order valence-electron chi connectivity index (χ0n) is 22.6. The topological polar surface area (TPSA) is 58.6 Å². The van der Waals surface area contributed by atoms with Crippen LogP contribution in [-0.4, -0.2) is 36.4 Å². The maximum atomic E-state index is 14.3. The van der Waals surface area contributed by atoms with Gasteiger partial charge in [0.2, 0.25) is 11.8 Å². The maximum absolute atomic E-state index is 14.3. The molecule has 1 atom stereocenters. The first-order chi connectivity index (χ1) is 19.1. The summed E-state index contributed by atoms with van der Waals surface area (Å²) < 4.78 is 5.44. The molecule has 0 aliphatic rings. The molecule has 0 radical (unpaired) electrons. The average Bonchev–Trinajstić information content (AvgIpc) is 2.99. The lowest BCUT2D eigenvalue weighted by atomic mass is 9.87. The summed E-state index contributed by atoms with van der Waals surface area (Å²) in [5.74, 6) is 0.333. The van der Waals surface area contributed by atoms with Crippen molar-refractivity contribution in [2.24, 2.45) is 0 Å². The summed E-state index contributed by atoms with van der Waals surface area (Å²) >= 11 is 0. The van der Waals surface area contributed by atoms with Crippen LogP contribution in [0, 0.1) is 0 Å². The van der Waals surface area contributed by atoms with Gasteiger partial charge < -0.3 is 15.0 Å². The Labute approximate surface area is 231 Å². The van der Waals surface area contributed by atoms with Gasteiger partial charge in [-0.1, -0.05) is 103 Å². The van der Waals surface area contributed by atoms with E-state index in [2.05, 4.69) is 29.6 Å². The molecule has 200 valence electrons. The molecular formula is C34H36N2O3. The lowest BCUT2D eigenvalue weighted by molar-refractivity contribution is -0.141. The van der Waals surface area contributed by atoms with Crippen molar-refractivity contribution in [1.29, 1.82) is 0 Å². The predicted molar refractivity (Wildman–Crippen MR) is 156 cm³/mol. The highest BCUT2D eigenvalue weighted by molar-refractivity contribution is 5.88. The number of carbonyl (C=O) groups is 2. The van der Waals surface area contributed by atoms with Gasteiger partial charge in [-0.25, -0.2) is 0 Å². The number of hydrogen-bond donors (Lipinski definition) is 1. The van der Waals surface area contributed by atoms with Gasteiger partial charge in [-0.15, -0.1) is 0 Å². The van der Waals surface area contributed by atoms with Gasteiger partial charge in [-0.2, -0.15) is 0 Å². The van der Waals surface area contributed by atoms with Gasteiger partial charge in [-0.05, 0) is 41.3 Å². The smallest absolute Gasteiger partial charge is 0.243 e. The Morgan fingerprint density at radius 2 is 1.33 bits per heavy atom. The van der Waals surface area contributed by atoms with Crippen LogP contribution in [-0.2, 0) is 22.6 Å². The number of hydrogen-bond acceptors (Lipinski definition) is 3. The third-order valence-corrected chi connectivity index (χ3v) is 6.89. The van der Waals surface area contributed by atoms with Gasteiger partial charge in [-0.3, -0.25) is 9.59 Å². The summed E-state index contributed by atoms with van der Waals surface area (Å²) in [6, 6.07) is 37.0. The van der Waals surface area contributed by atoms with E-state index in [1.807, 2.05) is 97.9 Å². The van der Waals surface area contributed by atoms with Crippen LogP contribution in [0.2, 0.25) is 0 Å². The number of amides is 2. The standard InChI is InChI=1S/C34H36N2O3/c1-3-35-34(38)32(23-26-14-7-4-8-15-26)36(25-27-16-13-21-30(22-27)39-2)33(37)24-31(28-17-9-5-10-18-28)29-19-11-6-12-20-29/h4-22,31-32H,3,23-25H2,1-2H3,(H,35,38). The van der Waals surface area contributed by atoms with Crippen LogP contribution in [0.5, 0.6) is 5.75 Å². The molecule has 39 heavy (non-hydrogen) atoms. The van der Waals surface area contributed by atoms with E-state index >= 15 is 0 Å². The quantitative estimate of drug-likeness (QED) is 0.250. The molecule has 0 saturated carbocycles. The predicted octanol–water partition coefficient (Wildman–Crippen LogP) is 5.99. The molecule has 4 rings (SSSR count). The van der Waals surface area contributed by atoms with Crippen LogP contribution in [0.25, 0.3) is 0 Å². The first-order valence-corrected chi connectivity index (χ1v) is 13.4. The molecule has 4 aromatic rings. The van der Waals surface area contributed by atoms with E-state index < -0.39 is 6.04 Å². The van der Waals surface area contributed by atoms with E-state index in [0.29, 0.717) is 25.3 Å². The molecule has 0 spiro atoms. The molecule has 1 unspecified atom stereocenters. The minimum atomic E-state index is -0.668. The first kappa shape index (κ1) is 27.6. The molecule has 5 nitrogen and oxygen atoms in total. The number of carbonyl (C=O) groups excluding carboxylic acids is 2. The summed E-state index contributed by atoms with van der Waals surface area (Å²) in [7, 11) is 1.62. The summed E-state index contributed by atoms with van der Waals surface area (Å²) in [4.78, 5) is 29.6. The van der Waals surface area contributed by atoms with Crippen LogP contribution in [0.15, 0.2) is 115 Å². The normalized spacial score (nSPS) is 11.6. The van der Waals surface area contributed by atoms with Crippen LogP contribution in [0.1, 0.15) is 41.5 Å². The highest BCUT2D eigenvalue weighted by Crippen LogP contribution is 2.30. The monoisotopic (exact) mass is 520 g/mol. The van der Waals surface area contributed by atoms with E-state index in [9.17, 15) is 9.59 Å². The largest absolute Gasteiger partial charge is 0.497 e. The molecule has 0 heterocycles. The van der Waals surface area contributed by atoms with Crippen molar-refractivity contribution in [3.05, 3.63) is 138 Å². The van der Waals surface area contributed by atoms with Crippen molar-refractivity contribution in [2.75, 3.05) is 13.7 Å². The summed E-state index contributed by atoms with van der Waals surface area (Å²) in [6.07, 6.45) is 0.659. The lowest BCUT2D eigenvalue weighted by Gasteiger charge is -2.33. The first-order valence-electron chi connectivity index (χ1n) is 13.4. The van der Waals surface area contributed by atoms with Crippen molar-refractivity contribution >= 4 is 11.8 Å². The Morgan fingerprint density at radius 3 is 1.90 bits per heavy atom. The van der Waals surface area contributed by atoms with Crippen molar-refractivity contribution < 1.29 is 14.3 Å². The summed E-state index contributed by atoms with van der Waals surface area (Å²) in [6.45, 7) is 2.68. The molecule has 2 amide bonds. The second-order valence-electron chi connectivity index (χ2n) is 9.55. The zero-order chi connectivity index (χ0) is 27.5. The van der Waals surface area contributed by atoms with Gasteiger partial charge in [0.1, 0.15) is 11.8 Å². The van der Waals surface area contributed by atoms with Crippen molar-refractivity contribution in [3.63, 3.8) is 0 Å².